The first-order chi connectivity index (χ1) is 13.1. The molecule has 6 N–H and O–H groups in total. The van der Waals surface area contributed by atoms with Crippen LogP contribution >= 0.6 is 0 Å². The summed E-state index contributed by atoms with van der Waals surface area (Å²) in [6.07, 6.45) is -4.22. The first-order valence-electron chi connectivity index (χ1n) is 6.66. The van der Waals surface area contributed by atoms with Gasteiger partial charge in [0.05, 0.1) is 0 Å². The van der Waals surface area contributed by atoms with Gasteiger partial charge in [0.2, 0.25) is 17.4 Å². The molecular formula is C12H12O18Sb2. The third kappa shape index (κ3) is 21.4. The molecule has 0 spiro atoms. The van der Waals surface area contributed by atoms with Gasteiger partial charge < -0.3 is 90.0 Å². The summed E-state index contributed by atoms with van der Waals surface area (Å²) in [5.74, 6) is -22.4. The fraction of sp³-hybridized carbons (Fsp3) is 0.500. The molecule has 0 bridgehead atoms. The van der Waals surface area contributed by atoms with Gasteiger partial charge in [0, 0.05) is 37.2 Å². The van der Waals surface area contributed by atoms with E-state index in [4.69, 9.17) is 30.6 Å². The molecule has 0 amide bonds. The standard InChI is InChI=1S/3C4H6O6.2Sb/c3*5-2(6)1-4(9,10)3(7)8;;/h3*9-10H,1H2,(H,5,6)(H,7,8);;/q;;;2*+3/p-6. The summed E-state index contributed by atoms with van der Waals surface area (Å²) in [6, 6.07) is 0. The van der Waals surface area contributed by atoms with Gasteiger partial charge in [-0.15, -0.1) is 0 Å². The second-order valence-corrected chi connectivity index (χ2v) is 4.96. The monoisotopic (exact) mass is 686 g/mol. The Kier molecular flexibility index (Phi) is 21.3. The molecule has 4 radical (unpaired) electrons. The minimum atomic E-state index is -3.33. The van der Waals surface area contributed by atoms with E-state index in [1.165, 1.54) is 0 Å². The molecule has 0 aromatic carbocycles. The second kappa shape index (κ2) is 16.8. The number of carboxylic acids is 6. The van der Waals surface area contributed by atoms with Gasteiger partial charge in [-0.05, 0) is 0 Å². The van der Waals surface area contributed by atoms with Crippen molar-refractivity contribution in [2.75, 3.05) is 0 Å². The van der Waals surface area contributed by atoms with E-state index in [9.17, 15) is 59.4 Å². The summed E-state index contributed by atoms with van der Waals surface area (Å²) in [5, 5.41) is 107. The Hall–Kier alpha value is -1.78. The van der Waals surface area contributed by atoms with Crippen molar-refractivity contribution in [1.82, 2.24) is 0 Å². The zero-order valence-electron chi connectivity index (χ0n) is 15.1. The topological polar surface area (TPSA) is 362 Å². The van der Waals surface area contributed by atoms with Gasteiger partial charge in [0.1, 0.15) is 17.9 Å². The first-order valence-corrected chi connectivity index (χ1v) is 6.66. The minimum absolute atomic E-state index is 0. The van der Waals surface area contributed by atoms with E-state index in [0.29, 0.717) is 0 Å². The van der Waals surface area contributed by atoms with Crippen molar-refractivity contribution in [3.05, 3.63) is 0 Å². The second-order valence-electron chi connectivity index (χ2n) is 4.96. The Labute approximate surface area is 210 Å². The molecule has 0 aromatic rings. The van der Waals surface area contributed by atoms with E-state index >= 15 is 0 Å². The van der Waals surface area contributed by atoms with Crippen LogP contribution in [0.1, 0.15) is 19.3 Å². The molecule has 0 unspecified atom stereocenters. The third-order valence-electron chi connectivity index (χ3n) is 2.15. The fourth-order valence-corrected chi connectivity index (χ4v) is 0.820. The van der Waals surface area contributed by atoms with Crippen molar-refractivity contribution in [2.45, 2.75) is 36.6 Å². The molecule has 32 heavy (non-hydrogen) atoms. The minimum Gasteiger partial charge on any atom is -0.550 e. The molecule has 0 fully saturated rings. The molecule has 0 heterocycles. The number of aliphatic carboxylic acids is 6. The van der Waals surface area contributed by atoms with E-state index in [0.717, 1.165) is 0 Å². The Balaban J connectivity index is -0.000000110. The SMILES string of the molecule is O=C([O-])CC(O)(O)C(=O)[O-].O=C([O-])CC(O)(O)C(=O)[O-].O=C([O-])CC(O)(O)C(=O)[O-].[Sb+3].[Sb+3]. The van der Waals surface area contributed by atoms with Crippen LogP contribution in [-0.4, -0.2) is 133 Å². The van der Waals surface area contributed by atoms with Gasteiger partial charge in [-0.1, -0.05) is 0 Å². The van der Waals surface area contributed by atoms with Crippen molar-refractivity contribution in [3.63, 3.8) is 0 Å². The predicted octanol–water partition coefficient (Wildman–Crippen LogP) is -14.1. The maximum atomic E-state index is 9.65. The number of hydrogen-bond acceptors (Lipinski definition) is 18. The summed E-state index contributed by atoms with van der Waals surface area (Å²) in [5.41, 5.74) is 0. The average molecular weight is 688 g/mol. The molecule has 0 aromatic heterocycles. The maximum Gasteiger partial charge on any atom is 3.00 e. The molecule has 0 aliphatic rings. The van der Waals surface area contributed by atoms with Crippen LogP contribution in [0.25, 0.3) is 0 Å². The summed E-state index contributed by atoms with van der Waals surface area (Å²) in [6.45, 7) is 0. The van der Waals surface area contributed by atoms with Crippen molar-refractivity contribution < 1.29 is 90.0 Å². The molecule has 0 aliphatic heterocycles. The van der Waals surface area contributed by atoms with Crippen molar-refractivity contribution in [2.24, 2.45) is 0 Å². The van der Waals surface area contributed by atoms with Crippen LogP contribution in [0, 0.1) is 0 Å². The Morgan fingerprint density at radius 3 is 0.594 bits per heavy atom. The first kappa shape index (κ1) is 40.6. The molecule has 18 nitrogen and oxygen atoms in total. The normalized spacial score (nSPS) is 10.3. The molecule has 0 saturated heterocycles. The predicted molar refractivity (Wildman–Crippen MR) is 76.9 cm³/mol. The third-order valence-corrected chi connectivity index (χ3v) is 2.15. The number of rotatable bonds is 9. The number of carbonyl (C=O) groups excluding carboxylic acids is 6. The van der Waals surface area contributed by atoms with Gasteiger partial charge in [0.25, 0.3) is 0 Å². The average Bonchev–Trinajstić information content (AvgIpc) is 2.43. The van der Waals surface area contributed by atoms with Crippen LogP contribution in [0.3, 0.4) is 0 Å². The number of hydrogen-bond donors (Lipinski definition) is 6. The van der Waals surface area contributed by atoms with E-state index < -0.39 is 72.4 Å². The molecule has 20 heteroatoms. The Morgan fingerprint density at radius 2 is 0.562 bits per heavy atom. The van der Waals surface area contributed by atoms with E-state index in [1.807, 2.05) is 0 Å². The smallest absolute Gasteiger partial charge is 0.550 e. The van der Waals surface area contributed by atoms with E-state index in [1.54, 1.807) is 0 Å². The van der Waals surface area contributed by atoms with Gasteiger partial charge >= 0.3 is 48.9 Å². The molecule has 0 aliphatic carbocycles. The van der Waals surface area contributed by atoms with Crippen molar-refractivity contribution >= 4 is 84.7 Å². The largest absolute Gasteiger partial charge is 3.00 e. The summed E-state index contributed by atoms with van der Waals surface area (Å²) < 4.78 is 0. The van der Waals surface area contributed by atoms with E-state index in [-0.39, 0.29) is 48.9 Å². The van der Waals surface area contributed by atoms with Gasteiger partial charge in [-0.25, -0.2) is 0 Å². The Morgan fingerprint density at radius 1 is 0.438 bits per heavy atom. The fourth-order valence-electron chi connectivity index (χ4n) is 0.820. The van der Waals surface area contributed by atoms with Gasteiger partial charge in [-0.3, -0.25) is 0 Å². The van der Waals surface area contributed by atoms with Crippen LogP contribution in [0.4, 0.5) is 0 Å². The van der Waals surface area contributed by atoms with Crippen LogP contribution in [0.15, 0.2) is 0 Å². The Bertz CT molecular complexity index is 579. The van der Waals surface area contributed by atoms with E-state index in [2.05, 4.69) is 0 Å². The van der Waals surface area contributed by atoms with Gasteiger partial charge in [0.15, 0.2) is 0 Å². The number of aliphatic hydroxyl groups is 6. The number of carbonyl (C=O) groups is 6. The van der Waals surface area contributed by atoms with Crippen LogP contribution in [-0.2, 0) is 28.8 Å². The van der Waals surface area contributed by atoms with Gasteiger partial charge in [-0.2, -0.15) is 0 Å². The number of carboxylic acid groups (broad SMARTS) is 6. The summed E-state index contributed by atoms with van der Waals surface area (Å²) in [7, 11) is 0. The zero-order valence-corrected chi connectivity index (χ0v) is 20.2. The summed E-state index contributed by atoms with van der Waals surface area (Å²) >= 11 is 0. The van der Waals surface area contributed by atoms with Crippen LogP contribution in [0.2, 0.25) is 0 Å². The molecule has 0 atom stereocenters. The van der Waals surface area contributed by atoms with Crippen molar-refractivity contribution in [1.29, 1.82) is 0 Å². The maximum absolute atomic E-state index is 9.65. The molecule has 0 saturated carbocycles. The zero-order chi connectivity index (χ0) is 25.1. The van der Waals surface area contributed by atoms with Crippen molar-refractivity contribution in [3.8, 4) is 0 Å². The summed E-state index contributed by atoms with van der Waals surface area (Å²) in [4.78, 5) is 57.8. The molecule has 178 valence electrons. The molecular weight excluding hydrogens is 676 g/mol. The quantitative estimate of drug-likeness (QED) is 0.0967. The molecule has 0 rings (SSSR count). The van der Waals surface area contributed by atoms with Crippen LogP contribution in [0.5, 0.6) is 0 Å². The van der Waals surface area contributed by atoms with Crippen LogP contribution < -0.4 is 30.6 Å².